The highest BCUT2D eigenvalue weighted by molar-refractivity contribution is 7.89. The van der Waals surface area contributed by atoms with Crippen LogP contribution in [0.5, 0.6) is 0 Å². The SMILES string of the molecule is Cc1cc(Cl)c(N)cc1S(=O)(=O)N(C)CCCCCO. The highest BCUT2D eigenvalue weighted by Gasteiger charge is 2.23. The lowest BCUT2D eigenvalue weighted by Crippen LogP contribution is -2.28. The van der Waals surface area contributed by atoms with E-state index < -0.39 is 10.0 Å². The number of aliphatic hydroxyl groups is 1. The molecule has 0 aromatic heterocycles. The average Bonchev–Trinajstić information content (AvgIpc) is 2.38. The predicted molar refractivity (Wildman–Crippen MR) is 81.4 cm³/mol. The molecule has 0 saturated carbocycles. The Morgan fingerprint density at radius 2 is 1.95 bits per heavy atom. The van der Waals surface area contributed by atoms with E-state index in [2.05, 4.69) is 0 Å². The van der Waals surface area contributed by atoms with E-state index in [4.69, 9.17) is 22.4 Å². The maximum absolute atomic E-state index is 12.5. The van der Waals surface area contributed by atoms with Gasteiger partial charge in [0.25, 0.3) is 0 Å². The van der Waals surface area contributed by atoms with E-state index in [9.17, 15) is 8.42 Å². The summed E-state index contributed by atoms with van der Waals surface area (Å²) in [6.45, 7) is 2.23. The number of benzene rings is 1. The van der Waals surface area contributed by atoms with Gasteiger partial charge in [-0.1, -0.05) is 11.6 Å². The molecular weight excluding hydrogens is 300 g/mol. The van der Waals surface area contributed by atoms with E-state index in [1.54, 1.807) is 20.0 Å². The van der Waals surface area contributed by atoms with Gasteiger partial charge >= 0.3 is 0 Å². The Morgan fingerprint density at radius 1 is 1.30 bits per heavy atom. The van der Waals surface area contributed by atoms with Gasteiger partial charge in [0, 0.05) is 20.2 Å². The van der Waals surface area contributed by atoms with Gasteiger partial charge in [-0.05, 0) is 43.9 Å². The fourth-order valence-corrected chi connectivity index (χ4v) is 3.52. The molecule has 0 unspecified atom stereocenters. The van der Waals surface area contributed by atoms with Gasteiger partial charge < -0.3 is 10.8 Å². The largest absolute Gasteiger partial charge is 0.397 e. The second kappa shape index (κ2) is 7.26. The summed E-state index contributed by atoms with van der Waals surface area (Å²) >= 11 is 5.88. The van der Waals surface area contributed by atoms with Crippen LogP contribution in [0, 0.1) is 6.92 Å². The van der Waals surface area contributed by atoms with Crippen molar-refractivity contribution in [3.05, 3.63) is 22.7 Å². The van der Waals surface area contributed by atoms with Gasteiger partial charge in [0.2, 0.25) is 10.0 Å². The molecule has 0 amide bonds. The first-order valence-electron chi connectivity index (χ1n) is 6.43. The topological polar surface area (TPSA) is 83.6 Å². The van der Waals surface area contributed by atoms with Crippen molar-refractivity contribution in [2.45, 2.75) is 31.1 Å². The Morgan fingerprint density at radius 3 is 2.55 bits per heavy atom. The molecule has 5 nitrogen and oxygen atoms in total. The molecule has 1 aromatic carbocycles. The van der Waals surface area contributed by atoms with Gasteiger partial charge in [-0.3, -0.25) is 0 Å². The van der Waals surface area contributed by atoms with E-state index in [1.165, 1.54) is 10.4 Å². The molecule has 20 heavy (non-hydrogen) atoms. The third kappa shape index (κ3) is 4.09. The fourth-order valence-electron chi connectivity index (χ4n) is 1.86. The molecule has 0 fully saturated rings. The van der Waals surface area contributed by atoms with Gasteiger partial charge in [0.05, 0.1) is 15.6 Å². The second-order valence-electron chi connectivity index (χ2n) is 4.75. The number of sulfonamides is 1. The van der Waals surface area contributed by atoms with Crippen LogP contribution in [-0.4, -0.2) is 38.0 Å². The molecule has 0 bridgehead atoms. The first-order chi connectivity index (χ1) is 9.30. The molecule has 0 saturated heterocycles. The molecule has 0 atom stereocenters. The minimum Gasteiger partial charge on any atom is -0.397 e. The summed E-state index contributed by atoms with van der Waals surface area (Å²) in [5, 5.41) is 9.06. The van der Waals surface area contributed by atoms with Gasteiger partial charge in [-0.15, -0.1) is 0 Å². The number of hydrogen-bond donors (Lipinski definition) is 2. The Hall–Kier alpha value is -0.820. The molecule has 0 aliphatic carbocycles. The molecular formula is C13H21ClN2O3S. The van der Waals surface area contributed by atoms with Crippen LogP contribution in [-0.2, 0) is 10.0 Å². The molecule has 0 aliphatic heterocycles. The van der Waals surface area contributed by atoms with Crippen LogP contribution in [0.1, 0.15) is 24.8 Å². The van der Waals surface area contributed by atoms with Crippen molar-refractivity contribution in [3.63, 3.8) is 0 Å². The highest BCUT2D eigenvalue weighted by atomic mass is 35.5. The number of rotatable bonds is 7. The molecule has 0 spiro atoms. The van der Waals surface area contributed by atoms with Crippen LogP contribution in [0.2, 0.25) is 5.02 Å². The Bertz CT molecular complexity index is 561. The third-order valence-corrected chi connectivity index (χ3v) is 5.44. The van der Waals surface area contributed by atoms with Crippen LogP contribution in [0.15, 0.2) is 17.0 Å². The van der Waals surface area contributed by atoms with Crippen LogP contribution in [0.4, 0.5) is 5.69 Å². The normalized spacial score (nSPS) is 12.1. The van der Waals surface area contributed by atoms with Crippen molar-refractivity contribution in [1.82, 2.24) is 4.31 Å². The van der Waals surface area contributed by atoms with Crippen molar-refractivity contribution in [2.24, 2.45) is 0 Å². The van der Waals surface area contributed by atoms with Crippen molar-refractivity contribution >= 4 is 27.3 Å². The number of nitrogen functional groups attached to an aromatic ring is 1. The number of nitrogens with two attached hydrogens (primary N) is 1. The lowest BCUT2D eigenvalue weighted by atomic mass is 10.2. The van der Waals surface area contributed by atoms with Gasteiger partial charge in [-0.2, -0.15) is 0 Å². The number of nitrogens with zero attached hydrogens (tertiary/aromatic N) is 1. The second-order valence-corrected chi connectivity index (χ2v) is 7.17. The van der Waals surface area contributed by atoms with Gasteiger partial charge in [0.1, 0.15) is 0 Å². The minimum atomic E-state index is -3.56. The smallest absolute Gasteiger partial charge is 0.243 e. The molecule has 7 heteroatoms. The molecule has 1 aromatic rings. The van der Waals surface area contributed by atoms with Gasteiger partial charge in [-0.25, -0.2) is 12.7 Å². The Labute approximate surface area is 125 Å². The van der Waals surface area contributed by atoms with E-state index in [1.807, 2.05) is 0 Å². The third-order valence-electron chi connectivity index (χ3n) is 3.11. The molecule has 3 N–H and O–H groups in total. The number of anilines is 1. The van der Waals surface area contributed by atoms with Crippen molar-refractivity contribution in [3.8, 4) is 0 Å². The van der Waals surface area contributed by atoms with E-state index in [-0.39, 0.29) is 17.2 Å². The zero-order valence-corrected chi connectivity index (χ0v) is 13.3. The number of halogens is 1. The quantitative estimate of drug-likeness (QED) is 0.594. The van der Waals surface area contributed by atoms with Crippen LogP contribution < -0.4 is 5.73 Å². The lowest BCUT2D eigenvalue weighted by molar-refractivity contribution is 0.281. The Balaban J connectivity index is 2.90. The molecule has 114 valence electrons. The van der Waals surface area contributed by atoms with Crippen molar-refractivity contribution in [1.29, 1.82) is 0 Å². The average molecular weight is 321 g/mol. The van der Waals surface area contributed by atoms with E-state index >= 15 is 0 Å². The van der Waals surface area contributed by atoms with Crippen LogP contribution in [0.3, 0.4) is 0 Å². The lowest BCUT2D eigenvalue weighted by Gasteiger charge is -2.19. The minimum absolute atomic E-state index is 0.128. The summed E-state index contributed by atoms with van der Waals surface area (Å²) in [6.07, 6.45) is 2.18. The van der Waals surface area contributed by atoms with Crippen molar-refractivity contribution in [2.75, 3.05) is 25.9 Å². The summed E-state index contributed by atoms with van der Waals surface area (Å²) in [5.41, 5.74) is 6.51. The number of unbranched alkanes of at least 4 members (excludes halogenated alkanes) is 2. The highest BCUT2D eigenvalue weighted by Crippen LogP contribution is 2.27. The predicted octanol–water partition coefficient (Wildman–Crippen LogP) is 2.01. The zero-order chi connectivity index (χ0) is 15.3. The maximum Gasteiger partial charge on any atom is 0.243 e. The summed E-state index contributed by atoms with van der Waals surface area (Å²) in [6, 6.07) is 2.96. The zero-order valence-electron chi connectivity index (χ0n) is 11.8. The maximum atomic E-state index is 12.5. The summed E-state index contributed by atoms with van der Waals surface area (Å²) in [5.74, 6) is 0. The number of aliphatic hydroxyl groups excluding tert-OH is 1. The number of aryl methyl sites for hydroxylation is 1. The fraction of sp³-hybridized carbons (Fsp3) is 0.538. The summed E-state index contributed by atoms with van der Waals surface area (Å²) in [7, 11) is -2.02. The molecule has 1 rings (SSSR count). The Kier molecular flexibility index (Phi) is 6.26. The van der Waals surface area contributed by atoms with Gasteiger partial charge in [0.15, 0.2) is 0 Å². The standard InChI is InChI=1S/C13H21ClN2O3S/c1-10-8-11(14)12(15)9-13(10)20(18,19)16(2)6-4-3-5-7-17/h8-9,17H,3-7,15H2,1-2H3. The summed E-state index contributed by atoms with van der Waals surface area (Å²) in [4.78, 5) is 0.184. The first-order valence-corrected chi connectivity index (χ1v) is 8.25. The number of hydrogen-bond acceptors (Lipinski definition) is 4. The molecule has 0 heterocycles. The van der Waals surface area contributed by atoms with E-state index in [0.717, 1.165) is 6.42 Å². The van der Waals surface area contributed by atoms with Crippen molar-refractivity contribution < 1.29 is 13.5 Å². The molecule has 0 radical (unpaired) electrons. The van der Waals surface area contributed by atoms with Crippen LogP contribution >= 0.6 is 11.6 Å². The van der Waals surface area contributed by atoms with E-state index in [0.29, 0.717) is 30.0 Å². The molecule has 0 aliphatic rings. The van der Waals surface area contributed by atoms with Crippen LogP contribution in [0.25, 0.3) is 0 Å². The summed E-state index contributed by atoms with van der Waals surface area (Å²) < 4.78 is 26.2. The monoisotopic (exact) mass is 320 g/mol. The first kappa shape index (κ1) is 17.2.